The molecule has 0 fully saturated rings. The summed E-state index contributed by atoms with van der Waals surface area (Å²) in [4.78, 5) is 0. The fourth-order valence-electron chi connectivity index (χ4n) is 3.04. The fourth-order valence-corrected chi connectivity index (χ4v) is 3.04. The second kappa shape index (κ2) is 4.94. The van der Waals surface area contributed by atoms with E-state index in [-0.39, 0.29) is 0 Å². The van der Waals surface area contributed by atoms with Crippen molar-refractivity contribution in [3.8, 4) is 0 Å². The van der Waals surface area contributed by atoms with Gasteiger partial charge in [-0.15, -0.1) is 0 Å². The molecule has 0 saturated carbocycles. The molecule has 0 aromatic carbocycles. The van der Waals surface area contributed by atoms with E-state index in [9.17, 15) is 0 Å². The Hall–Kier alpha value is -0.260. The van der Waals surface area contributed by atoms with E-state index in [1.807, 2.05) is 0 Å². The number of rotatable bonds is 3. The van der Waals surface area contributed by atoms with Gasteiger partial charge in [-0.2, -0.15) is 0 Å². The topological polar surface area (TPSA) is 0 Å². The van der Waals surface area contributed by atoms with Crippen molar-refractivity contribution in [3.63, 3.8) is 0 Å². The van der Waals surface area contributed by atoms with Gasteiger partial charge >= 0.3 is 0 Å². The molecule has 0 aliphatic carbocycles. The van der Waals surface area contributed by atoms with E-state index < -0.39 is 0 Å². The first-order chi connectivity index (χ1) is 6.81. The van der Waals surface area contributed by atoms with Crippen LogP contribution in [0.3, 0.4) is 0 Å². The zero-order valence-electron chi connectivity index (χ0n) is 13.0. The molecule has 0 heteroatoms. The maximum atomic E-state index is 2.41. The van der Waals surface area contributed by atoms with Crippen molar-refractivity contribution in [1.29, 1.82) is 0 Å². The average molecular weight is 224 g/mol. The van der Waals surface area contributed by atoms with E-state index in [1.165, 1.54) is 18.4 Å². The second-order valence-corrected chi connectivity index (χ2v) is 8.44. The summed E-state index contributed by atoms with van der Waals surface area (Å²) in [6.07, 6.45) is 4.90. The van der Waals surface area contributed by atoms with Crippen LogP contribution < -0.4 is 0 Å². The summed E-state index contributed by atoms with van der Waals surface area (Å²) < 4.78 is 0. The van der Waals surface area contributed by atoms with E-state index in [0.29, 0.717) is 16.2 Å². The van der Waals surface area contributed by atoms with Crippen molar-refractivity contribution in [1.82, 2.24) is 0 Å². The van der Waals surface area contributed by atoms with Crippen LogP contribution in [0.15, 0.2) is 11.6 Å². The molecule has 0 unspecified atom stereocenters. The van der Waals surface area contributed by atoms with E-state index in [4.69, 9.17) is 0 Å². The Morgan fingerprint density at radius 3 is 1.62 bits per heavy atom. The van der Waals surface area contributed by atoms with E-state index in [0.717, 1.165) is 0 Å². The molecule has 0 bridgehead atoms. The lowest BCUT2D eigenvalue weighted by atomic mass is 9.72. The molecule has 0 aliphatic heterocycles. The molecule has 0 nitrogen and oxygen atoms in total. The molecule has 16 heavy (non-hydrogen) atoms. The highest BCUT2D eigenvalue weighted by Gasteiger charge is 2.25. The van der Waals surface area contributed by atoms with Gasteiger partial charge in [0.05, 0.1) is 0 Å². The minimum atomic E-state index is 0.307. The molecule has 0 rings (SSSR count). The maximum Gasteiger partial charge on any atom is -0.0201 e. The molecular formula is C16H32. The highest BCUT2D eigenvalue weighted by atomic mass is 14.3. The van der Waals surface area contributed by atoms with Crippen LogP contribution in [-0.4, -0.2) is 0 Å². The first kappa shape index (κ1) is 15.7. The van der Waals surface area contributed by atoms with Gasteiger partial charge in [-0.1, -0.05) is 67.0 Å². The second-order valence-electron chi connectivity index (χ2n) is 8.44. The molecule has 0 radical (unpaired) electrons. The minimum absolute atomic E-state index is 0.307. The lowest BCUT2D eigenvalue weighted by Crippen LogP contribution is -2.21. The van der Waals surface area contributed by atoms with E-state index in [2.05, 4.69) is 68.4 Å². The fraction of sp³-hybridized carbons (Fsp3) is 0.875. The van der Waals surface area contributed by atoms with E-state index in [1.54, 1.807) is 0 Å². The van der Waals surface area contributed by atoms with Crippen LogP contribution in [0.2, 0.25) is 0 Å². The molecule has 0 aromatic heterocycles. The van der Waals surface area contributed by atoms with Gasteiger partial charge in [-0.05, 0) is 36.0 Å². The van der Waals surface area contributed by atoms with Gasteiger partial charge in [0.15, 0.2) is 0 Å². The van der Waals surface area contributed by atoms with Crippen LogP contribution in [0.5, 0.6) is 0 Å². The highest BCUT2D eigenvalue weighted by Crippen LogP contribution is 2.38. The van der Waals surface area contributed by atoms with Gasteiger partial charge in [-0.3, -0.25) is 0 Å². The van der Waals surface area contributed by atoms with Crippen molar-refractivity contribution in [2.75, 3.05) is 0 Å². The summed E-state index contributed by atoms with van der Waals surface area (Å²) in [5, 5.41) is 0. The zero-order valence-corrected chi connectivity index (χ0v) is 13.0. The molecule has 0 heterocycles. The Kier molecular flexibility index (Phi) is 4.86. The summed E-state index contributed by atoms with van der Waals surface area (Å²) in [6.45, 7) is 20.9. The van der Waals surface area contributed by atoms with Gasteiger partial charge in [-0.25, -0.2) is 0 Å². The van der Waals surface area contributed by atoms with Crippen LogP contribution in [-0.2, 0) is 0 Å². The van der Waals surface area contributed by atoms with Crippen LogP contribution in [0.1, 0.15) is 75.2 Å². The quantitative estimate of drug-likeness (QED) is 0.529. The summed E-state index contributed by atoms with van der Waals surface area (Å²) in [5.41, 5.74) is 2.67. The van der Waals surface area contributed by atoms with Gasteiger partial charge in [0.25, 0.3) is 0 Å². The Bertz CT molecular complexity index is 240. The lowest BCUT2D eigenvalue weighted by molar-refractivity contribution is 0.210. The first-order valence-electron chi connectivity index (χ1n) is 6.49. The molecule has 96 valence electrons. The molecule has 0 spiro atoms. The third kappa shape index (κ3) is 9.00. The lowest BCUT2D eigenvalue weighted by Gasteiger charge is -2.33. The van der Waals surface area contributed by atoms with Crippen molar-refractivity contribution < 1.29 is 0 Å². The van der Waals surface area contributed by atoms with Crippen LogP contribution in [0.25, 0.3) is 0 Å². The normalized spacial score (nSPS) is 15.4. The number of allylic oxidation sites excluding steroid dienone is 2. The smallest absolute Gasteiger partial charge is 0.0201 e. The largest absolute Gasteiger partial charge is 0.0802 e. The Morgan fingerprint density at radius 2 is 1.31 bits per heavy atom. The molecule has 0 aromatic rings. The van der Waals surface area contributed by atoms with Gasteiger partial charge in [0.1, 0.15) is 0 Å². The number of hydrogen-bond acceptors (Lipinski definition) is 0. The van der Waals surface area contributed by atoms with Crippen LogP contribution >= 0.6 is 0 Å². The Balaban J connectivity index is 4.54. The summed E-state index contributed by atoms with van der Waals surface area (Å²) in [5.74, 6) is 0. The molecule has 0 N–H and O–H groups in total. The predicted molar refractivity (Wildman–Crippen MR) is 75.7 cm³/mol. The Morgan fingerprint density at radius 1 is 0.875 bits per heavy atom. The van der Waals surface area contributed by atoms with Gasteiger partial charge in [0.2, 0.25) is 0 Å². The predicted octanol–water partition coefficient (Wildman–Crippen LogP) is 5.83. The number of hydrogen-bond donors (Lipinski definition) is 0. The molecule has 0 saturated heterocycles. The third-order valence-electron chi connectivity index (χ3n) is 2.45. The standard InChI is InChI=1S/C16H32/c1-13(10-14(2,3)4)11-16(8,9)12-15(5,6)7/h10H,11-12H2,1-9H3/b13-10+. The first-order valence-corrected chi connectivity index (χ1v) is 6.49. The van der Waals surface area contributed by atoms with Gasteiger partial charge < -0.3 is 0 Å². The SMILES string of the molecule is C/C(=C\C(C)(C)C)CC(C)(C)CC(C)(C)C. The van der Waals surface area contributed by atoms with Crippen LogP contribution in [0, 0.1) is 16.2 Å². The van der Waals surface area contributed by atoms with Crippen molar-refractivity contribution >= 4 is 0 Å². The highest BCUT2D eigenvalue weighted by molar-refractivity contribution is 5.06. The molecule has 0 amide bonds. The zero-order chi connectivity index (χ0) is 13.2. The maximum absolute atomic E-state index is 2.41. The average Bonchev–Trinajstić information content (AvgIpc) is 1.70. The summed E-state index contributed by atoms with van der Waals surface area (Å²) in [6, 6.07) is 0. The minimum Gasteiger partial charge on any atom is -0.0802 e. The molecule has 0 aliphatic rings. The van der Waals surface area contributed by atoms with E-state index >= 15 is 0 Å². The molecular weight excluding hydrogens is 192 g/mol. The third-order valence-corrected chi connectivity index (χ3v) is 2.45. The van der Waals surface area contributed by atoms with Crippen molar-refractivity contribution in [3.05, 3.63) is 11.6 Å². The van der Waals surface area contributed by atoms with Crippen molar-refractivity contribution in [2.24, 2.45) is 16.2 Å². The molecule has 0 atom stereocenters. The van der Waals surface area contributed by atoms with Crippen LogP contribution in [0.4, 0.5) is 0 Å². The van der Waals surface area contributed by atoms with Gasteiger partial charge in [0, 0.05) is 0 Å². The summed E-state index contributed by atoms with van der Waals surface area (Å²) in [7, 11) is 0. The monoisotopic (exact) mass is 224 g/mol. The summed E-state index contributed by atoms with van der Waals surface area (Å²) >= 11 is 0. The Labute approximate surface area is 104 Å². The van der Waals surface area contributed by atoms with Crippen molar-refractivity contribution in [2.45, 2.75) is 75.2 Å².